The standard InChI is InChI=1S/C12H25NO3/c1-16-10-8-13(7-9-14)11-12(15)5-3-2-4-6-12/h14-15H,2-11H2,1H3. The van der Waals surface area contributed by atoms with E-state index in [-0.39, 0.29) is 6.61 Å². The third kappa shape index (κ3) is 4.78. The molecule has 0 aromatic rings. The molecule has 1 saturated carbocycles. The van der Waals surface area contributed by atoms with Crippen molar-refractivity contribution in [1.82, 2.24) is 4.90 Å². The van der Waals surface area contributed by atoms with Crippen LogP contribution in [0.2, 0.25) is 0 Å². The van der Waals surface area contributed by atoms with Crippen molar-refractivity contribution in [3.8, 4) is 0 Å². The number of hydrogen-bond acceptors (Lipinski definition) is 4. The molecule has 0 saturated heterocycles. The zero-order valence-electron chi connectivity index (χ0n) is 10.3. The molecule has 0 atom stereocenters. The zero-order valence-corrected chi connectivity index (χ0v) is 10.3. The second kappa shape index (κ2) is 7.22. The molecule has 2 N–H and O–H groups in total. The van der Waals surface area contributed by atoms with Crippen molar-refractivity contribution in [3.05, 3.63) is 0 Å². The molecule has 0 amide bonds. The summed E-state index contributed by atoms with van der Waals surface area (Å²) >= 11 is 0. The van der Waals surface area contributed by atoms with Gasteiger partial charge in [0, 0.05) is 26.7 Å². The van der Waals surface area contributed by atoms with Gasteiger partial charge in [0.1, 0.15) is 0 Å². The molecule has 0 heterocycles. The number of hydrogen-bond donors (Lipinski definition) is 2. The van der Waals surface area contributed by atoms with Crippen molar-refractivity contribution in [1.29, 1.82) is 0 Å². The molecule has 1 aliphatic rings. The Balaban J connectivity index is 2.38. The average molecular weight is 231 g/mol. The molecule has 1 rings (SSSR count). The van der Waals surface area contributed by atoms with Crippen LogP contribution in [0.3, 0.4) is 0 Å². The lowest BCUT2D eigenvalue weighted by molar-refractivity contribution is -0.0325. The van der Waals surface area contributed by atoms with Crippen LogP contribution in [0.1, 0.15) is 32.1 Å². The van der Waals surface area contributed by atoms with E-state index in [9.17, 15) is 5.11 Å². The summed E-state index contributed by atoms with van der Waals surface area (Å²) in [6.45, 7) is 2.85. The van der Waals surface area contributed by atoms with Crippen molar-refractivity contribution < 1.29 is 14.9 Å². The van der Waals surface area contributed by atoms with Gasteiger partial charge >= 0.3 is 0 Å². The Morgan fingerprint density at radius 1 is 1.19 bits per heavy atom. The number of methoxy groups -OCH3 is 1. The summed E-state index contributed by atoms with van der Waals surface area (Å²) < 4.78 is 5.04. The highest BCUT2D eigenvalue weighted by Crippen LogP contribution is 2.28. The third-order valence-corrected chi connectivity index (χ3v) is 3.33. The van der Waals surface area contributed by atoms with Crippen LogP contribution in [0.25, 0.3) is 0 Å². The largest absolute Gasteiger partial charge is 0.395 e. The highest BCUT2D eigenvalue weighted by Gasteiger charge is 2.30. The first-order chi connectivity index (χ1) is 7.70. The van der Waals surface area contributed by atoms with E-state index in [0.29, 0.717) is 19.7 Å². The molecule has 0 aliphatic heterocycles. The fraction of sp³-hybridized carbons (Fsp3) is 1.00. The van der Waals surface area contributed by atoms with Crippen molar-refractivity contribution in [2.24, 2.45) is 0 Å². The van der Waals surface area contributed by atoms with Crippen LogP contribution in [0.4, 0.5) is 0 Å². The summed E-state index contributed by atoms with van der Waals surface area (Å²) in [5.41, 5.74) is -0.541. The summed E-state index contributed by atoms with van der Waals surface area (Å²) in [5, 5.41) is 19.4. The average Bonchev–Trinajstić information content (AvgIpc) is 2.27. The topological polar surface area (TPSA) is 52.9 Å². The van der Waals surface area contributed by atoms with E-state index in [1.165, 1.54) is 6.42 Å². The molecule has 0 spiro atoms. The van der Waals surface area contributed by atoms with Gasteiger partial charge in [0.25, 0.3) is 0 Å². The van der Waals surface area contributed by atoms with E-state index in [2.05, 4.69) is 4.90 Å². The monoisotopic (exact) mass is 231 g/mol. The predicted octanol–water partition coefficient (Wildman–Crippen LogP) is 0.622. The van der Waals surface area contributed by atoms with Gasteiger partial charge in [-0.1, -0.05) is 19.3 Å². The molecule has 16 heavy (non-hydrogen) atoms. The first-order valence-electron chi connectivity index (χ1n) is 6.25. The number of aliphatic hydroxyl groups is 2. The number of nitrogens with zero attached hydrogens (tertiary/aromatic N) is 1. The quantitative estimate of drug-likeness (QED) is 0.674. The maximum absolute atomic E-state index is 10.4. The molecule has 0 unspecified atom stereocenters. The highest BCUT2D eigenvalue weighted by atomic mass is 16.5. The van der Waals surface area contributed by atoms with Crippen LogP contribution in [0, 0.1) is 0 Å². The number of aliphatic hydroxyl groups excluding tert-OH is 1. The van der Waals surface area contributed by atoms with Gasteiger partial charge in [-0.05, 0) is 12.8 Å². The van der Waals surface area contributed by atoms with Crippen LogP contribution in [-0.2, 0) is 4.74 Å². The smallest absolute Gasteiger partial charge is 0.0774 e. The molecule has 4 nitrogen and oxygen atoms in total. The number of ether oxygens (including phenoxy) is 1. The van der Waals surface area contributed by atoms with Crippen molar-refractivity contribution in [2.75, 3.05) is 40.0 Å². The van der Waals surface area contributed by atoms with E-state index in [1.807, 2.05) is 0 Å². The summed E-state index contributed by atoms with van der Waals surface area (Å²) in [5.74, 6) is 0. The lowest BCUT2D eigenvalue weighted by atomic mass is 9.84. The van der Waals surface area contributed by atoms with Gasteiger partial charge in [0.15, 0.2) is 0 Å². The normalized spacial score (nSPS) is 20.2. The summed E-state index contributed by atoms with van der Waals surface area (Å²) in [6, 6.07) is 0. The lowest BCUT2D eigenvalue weighted by Gasteiger charge is -2.36. The minimum absolute atomic E-state index is 0.139. The van der Waals surface area contributed by atoms with Gasteiger partial charge in [-0.3, -0.25) is 4.90 Å². The molecule has 0 aromatic heterocycles. The Morgan fingerprint density at radius 2 is 1.88 bits per heavy atom. The summed E-state index contributed by atoms with van der Waals surface area (Å²) in [4.78, 5) is 2.09. The van der Waals surface area contributed by atoms with Crippen LogP contribution in [0.5, 0.6) is 0 Å². The Labute approximate surface area is 98.2 Å². The minimum Gasteiger partial charge on any atom is -0.395 e. The van der Waals surface area contributed by atoms with Gasteiger partial charge in [-0.2, -0.15) is 0 Å². The Bertz CT molecular complexity index is 181. The lowest BCUT2D eigenvalue weighted by Crippen LogP contribution is -2.46. The SMILES string of the molecule is COCCN(CCO)CC1(O)CCCCC1. The second-order valence-corrected chi connectivity index (χ2v) is 4.78. The predicted molar refractivity (Wildman–Crippen MR) is 63.4 cm³/mol. The van der Waals surface area contributed by atoms with Crippen LogP contribution >= 0.6 is 0 Å². The molecular weight excluding hydrogens is 206 g/mol. The van der Waals surface area contributed by atoms with E-state index >= 15 is 0 Å². The molecule has 4 heteroatoms. The van der Waals surface area contributed by atoms with Crippen LogP contribution < -0.4 is 0 Å². The van der Waals surface area contributed by atoms with E-state index < -0.39 is 5.60 Å². The fourth-order valence-electron chi connectivity index (χ4n) is 2.42. The maximum Gasteiger partial charge on any atom is 0.0774 e. The van der Waals surface area contributed by atoms with E-state index in [0.717, 1.165) is 32.2 Å². The van der Waals surface area contributed by atoms with Gasteiger partial charge in [-0.25, -0.2) is 0 Å². The molecule has 0 aromatic carbocycles. The van der Waals surface area contributed by atoms with Crippen molar-refractivity contribution in [2.45, 2.75) is 37.7 Å². The molecule has 0 bridgehead atoms. The maximum atomic E-state index is 10.4. The molecule has 1 aliphatic carbocycles. The van der Waals surface area contributed by atoms with Gasteiger partial charge in [-0.15, -0.1) is 0 Å². The highest BCUT2D eigenvalue weighted by molar-refractivity contribution is 4.85. The second-order valence-electron chi connectivity index (χ2n) is 4.78. The fourth-order valence-corrected chi connectivity index (χ4v) is 2.42. The first kappa shape index (κ1) is 13.9. The first-order valence-corrected chi connectivity index (χ1v) is 6.25. The van der Waals surface area contributed by atoms with Gasteiger partial charge in [0.2, 0.25) is 0 Å². The minimum atomic E-state index is -0.541. The molecule has 1 fully saturated rings. The van der Waals surface area contributed by atoms with E-state index in [1.54, 1.807) is 7.11 Å². The summed E-state index contributed by atoms with van der Waals surface area (Å²) in [7, 11) is 1.67. The molecular formula is C12H25NO3. The van der Waals surface area contributed by atoms with Gasteiger partial charge in [0.05, 0.1) is 18.8 Å². The Kier molecular flexibility index (Phi) is 6.28. The molecule has 0 radical (unpaired) electrons. The van der Waals surface area contributed by atoms with Crippen LogP contribution in [0.15, 0.2) is 0 Å². The number of rotatable bonds is 7. The summed E-state index contributed by atoms with van der Waals surface area (Å²) in [6.07, 6.45) is 5.26. The Morgan fingerprint density at radius 3 is 2.44 bits per heavy atom. The van der Waals surface area contributed by atoms with Crippen molar-refractivity contribution in [3.63, 3.8) is 0 Å². The molecule has 96 valence electrons. The van der Waals surface area contributed by atoms with Crippen molar-refractivity contribution >= 4 is 0 Å². The zero-order chi connectivity index (χ0) is 11.9. The van der Waals surface area contributed by atoms with Gasteiger partial charge < -0.3 is 14.9 Å². The van der Waals surface area contributed by atoms with E-state index in [4.69, 9.17) is 9.84 Å². The van der Waals surface area contributed by atoms with Crippen LogP contribution in [-0.4, -0.2) is 60.7 Å². The third-order valence-electron chi connectivity index (χ3n) is 3.33. The Hall–Kier alpha value is -0.160.